The second-order valence-corrected chi connectivity index (χ2v) is 1.24. The van der Waals surface area contributed by atoms with E-state index in [1.807, 2.05) is 0 Å². The first-order chi connectivity index (χ1) is 4.22. The lowest BCUT2D eigenvalue weighted by atomic mass is 10.4. The van der Waals surface area contributed by atoms with E-state index in [4.69, 9.17) is 10.2 Å². The van der Waals surface area contributed by atoms with Gasteiger partial charge in [0.15, 0.2) is 0 Å². The van der Waals surface area contributed by atoms with Gasteiger partial charge in [0.05, 0.1) is 12.7 Å². The van der Waals surface area contributed by atoms with Crippen LogP contribution in [0.2, 0.25) is 0 Å². The molecular formula is C7H12O2. The van der Waals surface area contributed by atoms with Crippen LogP contribution in [0.25, 0.3) is 0 Å². The highest BCUT2D eigenvalue weighted by Gasteiger charge is 1.87. The third-order valence-corrected chi connectivity index (χ3v) is 0.459. The quantitative estimate of drug-likeness (QED) is 0.419. The van der Waals surface area contributed by atoms with Crippen LogP contribution in [0, 0.1) is 0 Å². The zero-order valence-electron chi connectivity index (χ0n) is 5.38. The van der Waals surface area contributed by atoms with Gasteiger partial charge in [-0.15, -0.1) is 12.3 Å². The normalized spacial score (nSPS) is 10.0. The fourth-order valence-electron chi connectivity index (χ4n) is 0.0745. The molecule has 0 aliphatic rings. The van der Waals surface area contributed by atoms with Crippen molar-refractivity contribution in [3.8, 4) is 0 Å². The van der Waals surface area contributed by atoms with Gasteiger partial charge in [0.25, 0.3) is 0 Å². The average Bonchev–Trinajstić information content (AvgIpc) is 1.88. The molecule has 0 amide bonds. The zero-order valence-corrected chi connectivity index (χ0v) is 5.38. The highest BCUT2D eigenvalue weighted by molar-refractivity contribution is 4.75. The Kier molecular flexibility index (Phi) is 12.5. The van der Waals surface area contributed by atoms with Crippen LogP contribution in [0.5, 0.6) is 0 Å². The van der Waals surface area contributed by atoms with E-state index in [1.165, 1.54) is 6.08 Å². The van der Waals surface area contributed by atoms with E-state index in [9.17, 15) is 0 Å². The maximum Gasteiger partial charge on any atom is 0.0949 e. The summed E-state index contributed by atoms with van der Waals surface area (Å²) in [6.07, 6.45) is 0.532. The van der Waals surface area contributed by atoms with Gasteiger partial charge in [-0.3, -0.25) is 0 Å². The standard InChI is InChI=1S/C4H8O2.C3H4/c1-2-4(6)3-5;1-3-2/h2,4-6H,1,3H2;1-2H2. The lowest BCUT2D eigenvalue weighted by Gasteiger charge is -1.93. The van der Waals surface area contributed by atoms with Gasteiger partial charge >= 0.3 is 0 Å². The van der Waals surface area contributed by atoms with Crippen LogP contribution >= 0.6 is 0 Å². The molecule has 0 aliphatic heterocycles. The van der Waals surface area contributed by atoms with Crippen molar-refractivity contribution in [1.29, 1.82) is 0 Å². The predicted octanol–water partition coefficient (Wildman–Crippen LogP) is 0.483. The molecule has 9 heavy (non-hydrogen) atoms. The number of rotatable bonds is 2. The Morgan fingerprint density at radius 2 is 1.89 bits per heavy atom. The molecule has 0 heterocycles. The van der Waals surface area contributed by atoms with Crippen LogP contribution < -0.4 is 0 Å². The molecule has 52 valence electrons. The smallest absolute Gasteiger partial charge is 0.0949 e. The maximum atomic E-state index is 8.30. The summed E-state index contributed by atoms with van der Waals surface area (Å²) in [7, 11) is 0. The molecule has 0 spiro atoms. The maximum absolute atomic E-state index is 8.30. The second-order valence-electron chi connectivity index (χ2n) is 1.24. The van der Waals surface area contributed by atoms with Gasteiger partial charge in [0.1, 0.15) is 0 Å². The van der Waals surface area contributed by atoms with E-state index >= 15 is 0 Å². The van der Waals surface area contributed by atoms with Crippen molar-refractivity contribution in [3.63, 3.8) is 0 Å². The van der Waals surface area contributed by atoms with Crippen LogP contribution in [0.3, 0.4) is 0 Å². The van der Waals surface area contributed by atoms with Gasteiger partial charge in [0.2, 0.25) is 0 Å². The summed E-state index contributed by atoms with van der Waals surface area (Å²) >= 11 is 0. The summed E-state index contributed by atoms with van der Waals surface area (Å²) in [6.45, 7) is 9.24. The summed E-state index contributed by atoms with van der Waals surface area (Å²) in [5.41, 5.74) is 2.25. The summed E-state index contributed by atoms with van der Waals surface area (Å²) in [6, 6.07) is 0. The Bertz CT molecular complexity index is 91.1. The number of hydrogen-bond acceptors (Lipinski definition) is 2. The minimum absolute atomic E-state index is 0.233. The minimum atomic E-state index is -0.745. The van der Waals surface area contributed by atoms with Gasteiger partial charge in [-0.1, -0.05) is 19.2 Å². The van der Waals surface area contributed by atoms with Crippen LogP contribution in [0.15, 0.2) is 31.5 Å². The second kappa shape index (κ2) is 10.2. The highest BCUT2D eigenvalue weighted by atomic mass is 16.3. The van der Waals surface area contributed by atoms with Gasteiger partial charge in [-0.25, -0.2) is 0 Å². The molecule has 1 unspecified atom stereocenters. The third kappa shape index (κ3) is 19.1. The van der Waals surface area contributed by atoms with Gasteiger partial charge < -0.3 is 10.2 Å². The molecule has 0 saturated carbocycles. The molecule has 0 fully saturated rings. The van der Waals surface area contributed by atoms with E-state index in [-0.39, 0.29) is 6.61 Å². The molecule has 2 heteroatoms. The Morgan fingerprint density at radius 1 is 1.56 bits per heavy atom. The molecule has 0 saturated heterocycles. The number of aliphatic hydroxyl groups is 2. The summed E-state index contributed by atoms with van der Waals surface area (Å²) in [5, 5.41) is 16.3. The highest BCUT2D eigenvalue weighted by Crippen LogP contribution is 1.75. The van der Waals surface area contributed by atoms with Crippen molar-refractivity contribution >= 4 is 0 Å². The topological polar surface area (TPSA) is 40.5 Å². The van der Waals surface area contributed by atoms with Crippen molar-refractivity contribution < 1.29 is 10.2 Å². The predicted molar refractivity (Wildman–Crippen MR) is 38.1 cm³/mol. The molecule has 1 atom stereocenters. The zero-order chi connectivity index (χ0) is 7.70. The first kappa shape index (κ1) is 11.0. The van der Waals surface area contributed by atoms with E-state index in [0.29, 0.717) is 0 Å². The van der Waals surface area contributed by atoms with E-state index in [0.717, 1.165) is 0 Å². The summed E-state index contributed by atoms with van der Waals surface area (Å²) < 4.78 is 0. The van der Waals surface area contributed by atoms with E-state index < -0.39 is 6.10 Å². The SMILES string of the molecule is C=C=C.C=CC(O)CO. The lowest BCUT2D eigenvalue weighted by molar-refractivity contribution is 0.131. The van der Waals surface area contributed by atoms with Gasteiger partial charge in [-0.2, -0.15) is 0 Å². The van der Waals surface area contributed by atoms with Crippen LogP contribution in [-0.4, -0.2) is 22.9 Å². The van der Waals surface area contributed by atoms with Crippen molar-refractivity contribution in [2.45, 2.75) is 6.10 Å². The van der Waals surface area contributed by atoms with E-state index in [1.54, 1.807) is 0 Å². The largest absolute Gasteiger partial charge is 0.393 e. The monoisotopic (exact) mass is 128 g/mol. The van der Waals surface area contributed by atoms with Gasteiger partial charge in [-0.05, 0) is 0 Å². The lowest BCUT2D eigenvalue weighted by Crippen LogP contribution is -2.05. The number of hydrogen-bond donors (Lipinski definition) is 2. The fourth-order valence-corrected chi connectivity index (χ4v) is 0.0745. The van der Waals surface area contributed by atoms with Crippen LogP contribution in [0.1, 0.15) is 0 Å². The van der Waals surface area contributed by atoms with Crippen molar-refractivity contribution in [1.82, 2.24) is 0 Å². The summed E-state index contributed by atoms with van der Waals surface area (Å²) in [4.78, 5) is 0. The third-order valence-electron chi connectivity index (χ3n) is 0.459. The van der Waals surface area contributed by atoms with E-state index in [2.05, 4.69) is 25.5 Å². The van der Waals surface area contributed by atoms with Crippen LogP contribution in [0.4, 0.5) is 0 Å². The van der Waals surface area contributed by atoms with Crippen molar-refractivity contribution in [2.75, 3.05) is 6.61 Å². The molecular weight excluding hydrogens is 116 g/mol. The minimum Gasteiger partial charge on any atom is -0.393 e. The molecule has 0 radical (unpaired) electrons. The van der Waals surface area contributed by atoms with Crippen molar-refractivity contribution in [3.05, 3.63) is 31.5 Å². The average molecular weight is 128 g/mol. The van der Waals surface area contributed by atoms with Gasteiger partial charge in [0, 0.05) is 0 Å². The van der Waals surface area contributed by atoms with Crippen molar-refractivity contribution in [2.24, 2.45) is 0 Å². The molecule has 0 aromatic carbocycles. The summed E-state index contributed by atoms with van der Waals surface area (Å²) in [5.74, 6) is 0. The molecule has 0 bridgehead atoms. The molecule has 0 aromatic rings. The Labute approximate surface area is 55.5 Å². The first-order valence-electron chi connectivity index (χ1n) is 2.43. The molecule has 2 nitrogen and oxygen atoms in total. The first-order valence-corrected chi connectivity index (χ1v) is 2.43. The number of aliphatic hydroxyl groups excluding tert-OH is 2. The molecule has 0 aromatic heterocycles. The Hall–Kier alpha value is -0.820. The fraction of sp³-hybridized carbons (Fsp3) is 0.286. The Balaban J connectivity index is 0. The molecule has 2 N–H and O–H groups in total. The Morgan fingerprint density at radius 3 is 1.89 bits per heavy atom. The molecule has 0 rings (SSSR count). The van der Waals surface area contributed by atoms with Crippen LogP contribution in [-0.2, 0) is 0 Å². The molecule has 0 aliphatic carbocycles.